The second-order valence-corrected chi connectivity index (χ2v) is 5.80. The molecule has 1 aromatic carbocycles. The van der Waals surface area contributed by atoms with Crippen molar-refractivity contribution in [1.82, 2.24) is 4.98 Å². The van der Waals surface area contributed by atoms with Gasteiger partial charge in [-0.3, -0.25) is 0 Å². The molecule has 86 valence electrons. The van der Waals surface area contributed by atoms with Gasteiger partial charge in [0.1, 0.15) is 5.52 Å². The van der Waals surface area contributed by atoms with Gasteiger partial charge in [-0.2, -0.15) is 12.6 Å². The molecule has 16 heavy (non-hydrogen) atoms. The van der Waals surface area contributed by atoms with Gasteiger partial charge in [0.15, 0.2) is 5.58 Å². The van der Waals surface area contributed by atoms with Crippen molar-refractivity contribution in [3.63, 3.8) is 0 Å². The summed E-state index contributed by atoms with van der Waals surface area (Å²) in [4.78, 5) is 4.42. The van der Waals surface area contributed by atoms with E-state index in [4.69, 9.17) is 4.42 Å². The molecule has 0 saturated heterocycles. The molecule has 0 amide bonds. The summed E-state index contributed by atoms with van der Waals surface area (Å²) in [7, 11) is 0. The second-order valence-electron chi connectivity index (χ2n) is 4.56. The van der Waals surface area contributed by atoms with Gasteiger partial charge in [0, 0.05) is 5.75 Å². The molecule has 2 aromatic rings. The first-order valence-corrected chi connectivity index (χ1v) is 6.82. The molecule has 1 aromatic heterocycles. The van der Waals surface area contributed by atoms with Gasteiger partial charge in [0.05, 0.1) is 0 Å². The zero-order valence-electron chi connectivity index (χ0n) is 9.43. The van der Waals surface area contributed by atoms with E-state index in [0.29, 0.717) is 0 Å². The molecule has 0 unspecified atom stereocenters. The lowest BCUT2D eigenvalue weighted by Crippen LogP contribution is -2.16. The van der Waals surface area contributed by atoms with Crippen molar-refractivity contribution in [2.45, 2.75) is 19.1 Å². The monoisotopic (exact) mass is 253 g/mol. The summed E-state index contributed by atoms with van der Waals surface area (Å²) in [6.07, 6.45) is 0. The van der Waals surface area contributed by atoms with E-state index < -0.39 is 0 Å². The molecule has 0 fully saturated rings. The standard InChI is InChI=1S/C12H15NOS2/c1-12(2,7-15)8-16-11-13-9-5-3-4-6-10(9)14-11/h3-6,15H,7-8H2,1-2H3. The summed E-state index contributed by atoms with van der Waals surface area (Å²) in [5.74, 6) is 1.82. The Morgan fingerprint density at radius 3 is 2.81 bits per heavy atom. The summed E-state index contributed by atoms with van der Waals surface area (Å²) >= 11 is 5.98. The van der Waals surface area contributed by atoms with Crippen molar-refractivity contribution in [2.75, 3.05) is 11.5 Å². The van der Waals surface area contributed by atoms with Gasteiger partial charge in [-0.25, -0.2) is 4.98 Å². The zero-order chi connectivity index (χ0) is 11.6. The van der Waals surface area contributed by atoms with E-state index in [1.807, 2.05) is 24.3 Å². The van der Waals surface area contributed by atoms with Crippen LogP contribution in [0.1, 0.15) is 13.8 Å². The Bertz CT molecular complexity index is 446. The quantitative estimate of drug-likeness (QED) is 0.661. The summed E-state index contributed by atoms with van der Waals surface area (Å²) < 4.78 is 5.63. The Morgan fingerprint density at radius 1 is 1.38 bits per heavy atom. The first-order valence-electron chi connectivity index (χ1n) is 5.20. The van der Waals surface area contributed by atoms with Crippen LogP contribution in [0.25, 0.3) is 11.1 Å². The zero-order valence-corrected chi connectivity index (χ0v) is 11.1. The van der Waals surface area contributed by atoms with Gasteiger partial charge >= 0.3 is 0 Å². The topological polar surface area (TPSA) is 26.0 Å². The number of aromatic nitrogens is 1. The normalized spacial score (nSPS) is 12.2. The minimum absolute atomic E-state index is 0.203. The maximum atomic E-state index is 5.63. The average Bonchev–Trinajstić information content (AvgIpc) is 2.69. The Balaban J connectivity index is 2.10. The number of benzene rings is 1. The lowest BCUT2D eigenvalue weighted by molar-refractivity contribution is 0.472. The molecule has 0 atom stereocenters. The number of rotatable bonds is 4. The highest BCUT2D eigenvalue weighted by Gasteiger charge is 2.17. The van der Waals surface area contributed by atoms with E-state index in [9.17, 15) is 0 Å². The van der Waals surface area contributed by atoms with Crippen LogP contribution < -0.4 is 0 Å². The van der Waals surface area contributed by atoms with E-state index >= 15 is 0 Å². The van der Waals surface area contributed by atoms with Crippen molar-refractivity contribution in [1.29, 1.82) is 0 Å². The molecule has 2 rings (SSSR count). The van der Waals surface area contributed by atoms with Gasteiger partial charge in [0.25, 0.3) is 5.22 Å². The molecule has 0 aliphatic heterocycles. The number of para-hydroxylation sites is 2. The first kappa shape index (κ1) is 11.9. The van der Waals surface area contributed by atoms with E-state index in [0.717, 1.165) is 27.8 Å². The van der Waals surface area contributed by atoms with Gasteiger partial charge in [-0.05, 0) is 23.3 Å². The summed E-state index contributed by atoms with van der Waals surface area (Å²) in [5.41, 5.74) is 1.98. The van der Waals surface area contributed by atoms with E-state index in [1.54, 1.807) is 11.8 Å². The van der Waals surface area contributed by atoms with Crippen molar-refractivity contribution in [3.8, 4) is 0 Å². The Morgan fingerprint density at radius 2 is 2.12 bits per heavy atom. The Hall–Kier alpha value is -0.610. The molecular formula is C12H15NOS2. The van der Waals surface area contributed by atoms with Crippen molar-refractivity contribution < 1.29 is 4.42 Å². The van der Waals surface area contributed by atoms with Crippen LogP contribution in [0.3, 0.4) is 0 Å². The summed E-state index contributed by atoms with van der Waals surface area (Å²) in [6.45, 7) is 4.38. The highest BCUT2D eigenvalue weighted by Crippen LogP contribution is 2.29. The fourth-order valence-electron chi connectivity index (χ4n) is 1.22. The number of thiol groups is 1. The maximum Gasteiger partial charge on any atom is 0.256 e. The largest absolute Gasteiger partial charge is 0.431 e. The first-order chi connectivity index (χ1) is 7.61. The fourth-order valence-corrected chi connectivity index (χ4v) is 2.41. The molecule has 0 saturated carbocycles. The average molecular weight is 253 g/mol. The van der Waals surface area contributed by atoms with Gasteiger partial charge < -0.3 is 4.42 Å². The van der Waals surface area contributed by atoms with Crippen LogP contribution in [0.4, 0.5) is 0 Å². The molecule has 0 radical (unpaired) electrons. The van der Waals surface area contributed by atoms with Crippen LogP contribution >= 0.6 is 24.4 Å². The fraction of sp³-hybridized carbons (Fsp3) is 0.417. The van der Waals surface area contributed by atoms with Crippen molar-refractivity contribution in [3.05, 3.63) is 24.3 Å². The number of thioether (sulfide) groups is 1. The van der Waals surface area contributed by atoms with Crippen molar-refractivity contribution >= 4 is 35.5 Å². The van der Waals surface area contributed by atoms with E-state index in [1.165, 1.54) is 0 Å². The summed E-state index contributed by atoms with van der Waals surface area (Å²) in [6, 6.07) is 7.83. The molecule has 0 bridgehead atoms. The number of hydrogen-bond acceptors (Lipinski definition) is 4. The smallest absolute Gasteiger partial charge is 0.256 e. The molecule has 2 nitrogen and oxygen atoms in total. The van der Waals surface area contributed by atoms with Gasteiger partial charge in [0.2, 0.25) is 0 Å². The number of fused-ring (bicyclic) bond motifs is 1. The predicted molar refractivity (Wildman–Crippen MR) is 72.4 cm³/mol. The van der Waals surface area contributed by atoms with Crippen LogP contribution in [0.5, 0.6) is 0 Å². The van der Waals surface area contributed by atoms with Crippen LogP contribution in [0.15, 0.2) is 33.9 Å². The lowest BCUT2D eigenvalue weighted by atomic mass is 10.0. The van der Waals surface area contributed by atoms with Crippen LogP contribution in [0.2, 0.25) is 0 Å². The minimum atomic E-state index is 0.203. The molecular weight excluding hydrogens is 238 g/mol. The van der Waals surface area contributed by atoms with E-state index in [2.05, 4.69) is 31.5 Å². The predicted octanol–water partition coefficient (Wildman–Crippen LogP) is 3.88. The molecule has 0 spiro atoms. The number of oxazole rings is 1. The minimum Gasteiger partial charge on any atom is -0.431 e. The molecule has 0 aliphatic carbocycles. The number of hydrogen-bond donors (Lipinski definition) is 1. The third-order valence-electron chi connectivity index (χ3n) is 2.29. The Kier molecular flexibility index (Phi) is 3.50. The van der Waals surface area contributed by atoms with E-state index in [-0.39, 0.29) is 5.41 Å². The van der Waals surface area contributed by atoms with Crippen molar-refractivity contribution in [2.24, 2.45) is 5.41 Å². The maximum absolute atomic E-state index is 5.63. The Labute approximate surface area is 105 Å². The molecule has 1 heterocycles. The molecule has 0 N–H and O–H groups in total. The molecule has 4 heteroatoms. The van der Waals surface area contributed by atoms with Crippen LogP contribution in [0, 0.1) is 5.41 Å². The SMILES string of the molecule is CC(C)(CS)CSc1nc2ccccc2o1. The number of nitrogens with zero attached hydrogens (tertiary/aromatic N) is 1. The summed E-state index contributed by atoms with van der Waals surface area (Å²) in [5, 5.41) is 0.746. The molecule has 0 aliphatic rings. The highest BCUT2D eigenvalue weighted by molar-refractivity contribution is 7.99. The third-order valence-corrected chi connectivity index (χ3v) is 4.49. The van der Waals surface area contributed by atoms with Crippen LogP contribution in [-0.2, 0) is 0 Å². The van der Waals surface area contributed by atoms with Gasteiger partial charge in [-0.15, -0.1) is 0 Å². The lowest BCUT2D eigenvalue weighted by Gasteiger charge is -2.19. The third kappa shape index (κ3) is 2.74. The second kappa shape index (κ2) is 4.72. The van der Waals surface area contributed by atoms with Gasteiger partial charge in [-0.1, -0.05) is 37.7 Å². The van der Waals surface area contributed by atoms with Crippen LogP contribution in [-0.4, -0.2) is 16.5 Å². The highest BCUT2D eigenvalue weighted by atomic mass is 32.2.